The van der Waals surface area contributed by atoms with E-state index in [1.54, 1.807) is 0 Å². The van der Waals surface area contributed by atoms with Gasteiger partial charge in [0.1, 0.15) is 0 Å². The number of hydrogen-bond donors (Lipinski definition) is 0. The van der Waals surface area contributed by atoms with Gasteiger partial charge in [0.05, 0.1) is 17.7 Å². The Morgan fingerprint density at radius 3 is 2.21 bits per heavy atom. The molecule has 7 heteroatoms. The van der Waals surface area contributed by atoms with Gasteiger partial charge in [-0.3, -0.25) is 4.79 Å². The van der Waals surface area contributed by atoms with Crippen molar-refractivity contribution in [3.63, 3.8) is 0 Å². The minimum absolute atomic E-state index is 0.0461. The monoisotopic (exact) mass is 413 g/mol. The molecule has 160 valence electrons. The highest BCUT2D eigenvalue weighted by molar-refractivity contribution is 7.90. The fourth-order valence-corrected chi connectivity index (χ4v) is 9.75. The van der Waals surface area contributed by atoms with E-state index in [0.29, 0.717) is 25.6 Å². The van der Waals surface area contributed by atoms with Gasteiger partial charge < -0.3 is 9.47 Å². The molecule has 2 bridgehead atoms. The summed E-state index contributed by atoms with van der Waals surface area (Å²) in [6, 6.07) is -0.205. The molecule has 4 rings (SSSR count). The Morgan fingerprint density at radius 1 is 1.11 bits per heavy atom. The number of hydrogen-bond acceptors (Lipinski definition) is 5. The lowest BCUT2D eigenvalue weighted by molar-refractivity contribution is -0.364. The molecular weight excluding hydrogens is 378 g/mol. The van der Waals surface area contributed by atoms with Crippen LogP contribution >= 0.6 is 0 Å². The minimum atomic E-state index is -3.63. The van der Waals surface area contributed by atoms with Crippen molar-refractivity contribution in [1.29, 1.82) is 0 Å². The van der Waals surface area contributed by atoms with Gasteiger partial charge >= 0.3 is 0 Å². The lowest BCUT2D eigenvalue weighted by Crippen LogP contribution is -2.69. The maximum atomic E-state index is 13.7. The second-order valence-corrected chi connectivity index (χ2v) is 12.3. The Kier molecular flexibility index (Phi) is 4.37. The molecule has 4 fully saturated rings. The zero-order chi connectivity index (χ0) is 20.8. The summed E-state index contributed by atoms with van der Waals surface area (Å²) in [5, 5.41) is 0. The molecule has 0 aromatic carbocycles. The largest absolute Gasteiger partial charge is 0.349 e. The molecule has 1 amide bonds. The Hall–Kier alpha value is -0.660. The average Bonchev–Trinajstić information content (AvgIpc) is 3.06. The van der Waals surface area contributed by atoms with Crippen LogP contribution in [0.1, 0.15) is 67.2 Å². The maximum Gasteiger partial charge on any atom is 0.244 e. The van der Waals surface area contributed by atoms with Crippen LogP contribution in [0.15, 0.2) is 0 Å². The third kappa shape index (κ3) is 2.21. The number of sulfonamides is 1. The van der Waals surface area contributed by atoms with Crippen molar-refractivity contribution in [3.8, 4) is 0 Å². The number of carbonyl (C=O) groups is 1. The number of rotatable bonds is 5. The van der Waals surface area contributed by atoms with Crippen LogP contribution in [0.3, 0.4) is 0 Å². The van der Waals surface area contributed by atoms with E-state index < -0.39 is 21.7 Å². The first-order valence-electron chi connectivity index (χ1n) is 10.7. The van der Waals surface area contributed by atoms with Gasteiger partial charge in [-0.15, -0.1) is 0 Å². The third-order valence-electron chi connectivity index (χ3n) is 8.76. The molecule has 1 aliphatic heterocycles. The van der Waals surface area contributed by atoms with E-state index in [0.717, 1.165) is 19.3 Å². The first-order valence-corrected chi connectivity index (χ1v) is 12.3. The smallest absolute Gasteiger partial charge is 0.244 e. The molecule has 0 unspecified atom stereocenters. The molecule has 0 radical (unpaired) electrons. The van der Waals surface area contributed by atoms with E-state index in [1.807, 2.05) is 27.7 Å². The molecule has 0 N–H and O–H groups in total. The minimum Gasteiger partial charge on any atom is -0.349 e. The summed E-state index contributed by atoms with van der Waals surface area (Å²) in [5.41, 5.74) is -0.685. The van der Waals surface area contributed by atoms with Crippen molar-refractivity contribution < 1.29 is 22.7 Å². The van der Waals surface area contributed by atoms with Crippen molar-refractivity contribution in [2.75, 3.05) is 19.0 Å². The van der Waals surface area contributed by atoms with Crippen LogP contribution in [-0.4, -0.2) is 49.4 Å². The Labute approximate surface area is 169 Å². The van der Waals surface area contributed by atoms with Gasteiger partial charge in [0.25, 0.3) is 0 Å². The lowest BCUT2D eigenvalue weighted by Gasteiger charge is -2.59. The van der Waals surface area contributed by atoms with Crippen molar-refractivity contribution in [1.82, 2.24) is 4.31 Å². The second-order valence-electron chi connectivity index (χ2n) is 10.4. The van der Waals surface area contributed by atoms with Crippen molar-refractivity contribution in [2.45, 2.75) is 79.1 Å². The fraction of sp³-hybridized carbons (Fsp3) is 0.952. The van der Waals surface area contributed by atoms with Crippen LogP contribution in [0, 0.1) is 28.1 Å². The Balaban J connectivity index is 1.71. The molecule has 4 aliphatic rings. The zero-order valence-electron chi connectivity index (χ0n) is 18.1. The van der Waals surface area contributed by atoms with Gasteiger partial charge in [-0.2, -0.15) is 0 Å². The van der Waals surface area contributed by atoms with Gasteiger partial charge in [-0.05, 0) is 50.9 Å². The van der Waals surface area contributed by atoms with Crippen LogP contribution in [0.4, 0.5) is 0 Å². The standard InChI is InChI=1S/C21H35NO5S/c1-7-26-21(27-8-2)15(12-18(21,3)4)17(23)22-16-11-14-9-10-20(16,19(14,5)6)13-28(22,24)25/h14-16H,7-13H2,1-6H3/t14-,15+,16-,20-/m1/s1. The Bertz CT molecular complexity index is 783. The Morgan fingerprint density at radius 2 is 1.71 bits per heavy atom. The van der Waals surface area contributed by atoms with E-state index in [-0.39, 0.29) is 33.9 Å². The molecule has 1 spiro atoms. The van der Waals surface area contributed by atoms with Crippen molar-refractivity contribution in [3.05, 3.63) is 0 Å². The highest BCUT2D eigenvalue weighted by Gasteiger charge is 2.74. The van der Waals surface area contributed by atoms with E-state index in [4.69, 9.17) is 9.47 Å². The van der Waals surface area contributed by atoms with Gasteiger partial charge in [-0.25, -0.2) is 12.7 Å². The first-order chi connectivity index (χ1) is 12.9. The average molecular weight is 414 g/mol. The number of carbonyl (C=O) groups excluding carboxylic acids is 1. The van der Waals surface area contributed by atoms with E-state index in [9.17, 15) is 13.2 Å². The lowest BCUT2D eigenvalue weighted by atomic mass is 9.57. The highest BCUT2D eigenvalue weighted by atomic mass is 32.2. The van der Waals surface area contributed by atoms with Crippen LogP contribution in [-0.2, 0) is 24.3 Å². The number of ether oxygens (including phenoxy) is 2. The first kappa shape index (κ1) is 20.6. The summed E-state index contributed by atoms with van der Waals surface area (Å²) in [6.07, 6.45) is 3.34. The van der Waals surface area contributed by atoms with E-state index in [1.165, 1.54) is 4.31 Å². The molecule has 1 heterocycles. The van der Waals surface area contributed by atoms with Crippen LogP contribution in [0.5, 0.6) is 0 Å². The zero-order valence-corrected chi connectivity index (χ0v) is 18.9. The molecular formula is C21H35NO5S. The predicted octanol–water partition coefficient (Wildman–Crippen LogP) is 3.17. The molecule has 3 aliphatic carbocycles. The second kappa shape index (κ2) is 5.94. The summed E-state index contributed by atoms with van der Waals surface area (Å²) >= 11 is 0. The van der Waals surface area contributed by atoms with Crippen LogP contribution in [0.2, 0.25) is 0 Å². The van der Waals surface area contributed by atoms with Gasteiger partial charge in [0.2, 0.25) is 15.9 Å². The topological polar surface area (TPSA) is 72.9 Å². The SMILES string of the molecule is CCOC1(OCC)[C@H](C(=O)N2[C@@H]3C[C@H]4CC[C@]3(CS2(=O)=O)C4(C)C)CC1(C)C. The summed E-state index contributed by atoms with van der Waals surface area (Å²) in [4.78, 5) is 13.7. The normalized spacial score (nSPS) is 40.9. The van der Waals surface area contributed by atoms with Gasteiger partial charge in [0, 0.05) is 24.0 Å². The van der Waals surface area contributed by atoms with Crippen LogP contribution < -0.4 is 0 Å². The van der Waals surface area contributed by atoms with E-state index in [2.05, 4.69) is 13.8 Å². The molecule has 0 aromatic heterocycles. The summed E-state index contributed by atoms with van der Waals surface area (Å²) in [6.45, 7) is 13.1. The molecule has 6 nitrogen and oxygen atoms in total. The molecule has 0 aromatic rings. The number of amides is 1. The maximum absolute atomic E-state index is 13.7. The quantitative estimate of drug-likeness (QED) is 0.647. The van der Waals surface area contributed by atoms with Crippen LogP contribution in [0.25, 0.3) is 0 Å². The van der Waals surface area contributed by atoms with Gasteiger partial charge in [-0.1, -0.05) is 27.7 Å². The number of nitrogens with zero attached hydrogens (tertiary/aromatic N) is 1. The van der Waals surface area contributed by atoms with E-state index >= 15 is 0 Å². The molecule has 3 saturated carbocycles. The summed E-state index contributed by atoms with van der Waals surface area (Å²) in [5.74, 6) is -1.34. The molecule has 28 heavy (non-hydrogen) atoms. The third-order valence-corrected chi connectivity index (χ3v) is 10.7. The fourth-order valence-electron chi connectivity index (χ4n) is 7.17. The highest BCUT2D eigenvalue weighted by Crippen LogP contribution is 2.70. The predicted molar refractivity (Wildman–Crippen MR) is 106 cm³/mol. The van der Waals surface area contributed by atoms with Crippen molar-refractivity contribution in [2.24, 2.45) is 28.1 Å². The van der Waals surface area contributed by atoms with Gasteiger partial charge in [0.15, 0.2) is 5.79 Å². The molecule has 4 atom stereocenters. The van der Waals surface area contributed by atoms with Crippen molar-refractivity contribution >= 4 is 15.9 Å². The summed E-state index contributed by atoms with van der Waals surface area (Å²) < 4.78 is 39.8. The molecule has 1 saturated heterocycles. The summed E-state index contributed by atoms with van der Waals surface area (Å²) in [7, 11) is -3.63. The number of fused-ring (bicyclic) bond motifs is 1.